The maximum Gasteiger partial charge on any atom is 0.241 e. The molecule has 1 fully saturated rings. The molecule has 160 valence electrons. The summed E-state index contributed by atoms with van der Waals surface area (Å²) in [6.45, 7) is 8.95. The lowest BCUT2D eigenvalue weighted by molar-refractivity contribution is -0.119. The van der Waals surface area contributed by atoms with Crippen LogP contribution < -0.4 is 9.62 Å². The SMILES string of the molecule is C[C@@H](NS(=O)(=O)c1ccc2c(c1)CCN2C(=O)C1CC1)c1ccc(C(C)(C)C)cc1. The van der Waals surface area contributed by atoms with Gasteiger partial charge in [0.2, 0.25) is 15.9 Å². The summed E-state index contributed by atoms with van der Waals surface area (Å²) in [5, 5.41) is 0. The topological polar surface area (TPSA) is 66.5 Å². The van der Waals surface area contributed by atoms with Crippen molar-refractivity contribution in [2.24, 2.45) is 5.92 Å². The van der Waals surface area contributed by atoms with Gasteiger partial charge in [-0.25, -0.2) is 13.1 Å². The van der Waals surface area contributed by atoms with Crippen molar-refractivity contribution in [3.05, 3.63) is 59.2 Å². The highest BCUT2D eigenvalue weighted by Gasteiger charge is 2.36. The number of carbonyl (C=O) groups is 1. The van der Waals surface area contributed by atoms with Crippen LogP contribution in [-0.4, -0.2) is 20.9 Å². The van der Waals surface area contributed by atoms with E-state index in [0.29, 0.717) is 13.0 Å². The lowest BCUT2D eigenvalue weighted by Crippen LogP contribution is -2.30. The molecule has 0 bridgehead atoms. The highest BCUT2D eigenvalue weighted by molar-refractivity contribution is 7.89. The molecule has 2 aromatic rings. The molecule has 1 N–H and O–H groups in total. The average molecular weight is 427 g/mol. The first-order valence-electron chi connectivity index (χ1n) is 10.6. The number of fused-ring (bicyclic) bond motifs is 1. The molecule has 4 rings (SSSR count). The monoisotopic (exact) mass is 426 g/mol. The molecular weight excluding hydrogens is 396 g/mol. The number of nitrogens with zero attached hydrogens (tertiary/aromatic N) is 1. The summed E-state index contributed by atoms with van der Waals surface area (Å²) in [5.74, 6) is 0.335. The molecule has 0 radical (unpaired) electrons. The lowest BCUT2D eigenvalue weighted by atomic mass is 9.86. The summed E-state index contributed by atoms with van der Waals surface area (Å²) in [4.78, 5) is 14.5. The number of carbonyl (C=O) groups excluding carboxylic acids is 1. The van der Waals surface area contributed by atoms with Gasteiger partial charge in [-0.15, -0.1) is 0 Å². The van der Waals surface area contributed by atoms with Gasteiger partial charge in [0, 0.05) is 24.2 Å². The summed E-state index contributed by atoms with van der Waals surface area (Å²) < 4.78 is 28.8. The number of rotatable bonds is 5. The maximum absolute atomic E-state index is 13.0. The molecule has 1 heterocycles. The van der Waals surface area contributed by atoms with Crippen LogP contribution >= 0.6 is 0 Å². The van der Waals surface area contributed by atoms with Crippen molar-refractivity contribution in [2.75, 3.05) is 11.4 Å². The standard InChI is InChI=1S/C24H30N2O3S/c1-16(17-7-9-20(10-8-17)24(2,3)4)25-30(28,29)21-11-12-22-19(15-21)13-14-26(22)23(27)18-5-6-18/h7-12,15-16,18,25H,5-6,13-14H2,1-4H3/t16-/m1/s1. The van der Waals surface area contributed by atoms with Gasteiger partial charge in [0.25, 0.3) is 0 Å². The molecule has 0 aromatic heterocycles. The van der Waals surface area contributed by atoms with E-state index in [1.54, 1.807) is 18.2 Å². The van der Waals surface area contributed by atoms with Gasteiger partial charge in [0.1, 0.15) is 0 Å². The van der Waals surface area contributed by atoms with Crippen LogP contribution in [0.25, 0.3) is 0 Å². The minimum atomic E-state index is -3.66. The molecule has 1 aliphatic heterocycles. The van der Waals surface area contributed by atoms with Crippen molar-refractivity contribution in [3.63, 3.8) is 0 Å². The molecule has 2 aliphatic rings. The Hall–Kier alpha value is -2.18. The molecule has 1 aliphatic carbocycles. The third-order valence-corrected chi connectivity index (χ3v) is 7.60. The zero-order chi connectivity index (χ0) is 21.7. The molecule has 0 spiro atoms. The Morgan fingerprint density at radius 3 is 2.37 bits per heavy atom. The van der Waals surface area contributed by atoms with Crippen LogP contribution in [0.5, 0.6) is 0 Å². The molecular formula is C24H30N2O3S. The van der Waals surface area contributed by atoms with Gasteiger partial charge in [-0.05, 0) is 66.5 Å². The first-order chi connectivity index (χ1) is 14.1. The van der Waals surface area contributed by atoms with Gasteiger partial charge in [0.05, 0.1) is 4.90 Å². The number of hydrogen-bond donors (Lipinski definition) is 1. The molecule has 0 saturated heterocycles. The minimum Gasteiger partial charge on any atom is -0.312 e. The third-order valence-electron chi connectivity index (χ3n) is 6.06. The Morgan fingerprint density at radius 2 is 1.77 bits per heavy atom. The van der Waals surface area contributed by atoms with E-state index in [-0.39, 0.29) is 28.2 Å². The van der Waals surface area contributed by atoms with E-state index in [2.05, 4.69) is 37.6 Å². The molecule has 30 heavy (non-hydrogen) atoms. The number of anilines is 1. The highest BCUT2D eigenvalue weighted by atomic mass is 32.2. The Labute approximate surface area is 179 Å². The van der Waals surface area contributed by atoms with E-state index in [9.17, 15) is 13.2 Å². The fourth-order valence-electron chi connectivity index (χ4n) is 3.97. The van der Waals surface area contributed by atoms with Gasteiger partial charge in [-0.3, -0.25) is 4.79 Å². The first kappa shape index (κ1) is 21.1. The van der Waals surface area contributed by atoms with E-state index < -0.39 is 10.0 Å². The van der Waals surface area contributed by atoms with Crippen LogP contribution in [0.1, 0.15) is 63.3 Å². The second kappa shape index (κ2) is 7.50. The van der Waals surface area contributed by atoms with Crippen LogP contribution in [0.4, 0.5) is 5.69 Å². The fraction of sp³-hybridized carbons (Fsp3) is 0.458. The molecule has 0 unspecified atom stereocenters. The largest absolute Gasteiger partial charge is 0.312 e. The first-order valence-corrected chi connectivity index (χ1v) is 12.1. The maximum atomic E-state index is 13.0. The molecule has 2 aromatic carbocycles. The second-order valence-corrected chi connectivity index (χ2v) is 11.2. The van der Waals surface area contributed by atoms with Crippen molar-refractivity contribution >= 4 is 21.6 Å². The molecule has 5 nitrogen and oxygen atoms in total. The van der Waals surface area contributed by atoms with E-state index in [1.165, 1.54) is 5.56 Å². The summed E-state index contributed by atoms with van der Waals surface area (Å²) in [6, 6.07) is 12.8. The van der Waals surface area contributed by atoms with Crippen LogP contribution in [0.2, 0.25) is 0 Å². The predicted molar refractivity (Wildman–Crippen MR) is 119 cm³/mol. The average Bonchev–Trinajstić information content (AvgIpc) is 3.45. The van der Waals surface area contributed by atoms with Crippen molar-refractivity contribution in [1.82, 2.24) is 4.72 Å². The number of nitrogens with one attached hydrogen (secondary N) is 1. The second-order valence-electron chi connectivity index (χ2n) is 9.52. The summed E-state index contributed by atoms with van der Waals surface area (Å²) in [6.07, 6.45) is 2.63. The van der Waals surface area contributed by atoms with E-state index in [1.807, 2.05) is 24.0 Å². The van der Waals surface area contributed by atoms with Crippen molar-refractivity contribution in [3.8, 4) is 0 Å². The summed E-state index contributed by atoms with van der Waals surface area (Å²) >= 11 is 0. The highest BCUT2D eigenvalue weighted by Crippen LogP contribution is 2.37. The number of amides is 1. The summed E-state index contributed by atoms with van der Waals surface area (Å²) in [5.41, 5.74) is 3.98. The zero-order valence-corrected chi connectivity index (χ0v) is 18.9. The fourth-order valence-corrected chi connectivity index (χ4v) is 5.25. The Balaban J connectivity index is 1.50. The number of sulfonamides is 1. The van der Waals surface area contributed by atoms with Gasteiger partial charge in [-0.2, -0.15) is 0 Å². The van der Waals surface area contributed by atoms with Crippen molar-refractivity contribution in [2.45, 2.75) is 63.3 Å². The zero-order valence-electron chi connectivity index (χ0n) is 18.1. The van der Waals surface area contributed by atoms with Crippen molar-refractivity contribution < 1.29 is 13.2 Å². The normalized spacial score (nSPS) is 17.7. The van der Waals surface area contributed by atoms with Crippen LogP contribution in [-0.2, 0) is 26.7 Å². The quantitative estimate of drug-likeness (QED) is 0.774. The Morgan fingerprint density at radius 1 is 1.10 bits per heavy atom. The van der Waals surface area contributed by atoms with E-state index >= 15 is 0 Å². The van der Waals surface area contributed by atoms with Crippen LogP contribution in [0.3, 0.4) is 0 Å². The summed E-state index contributed by atoms with van der Waals surface area (Å²) in [7, 11) is -3.66. The molecule has 6 heteroatoms. The van der Waals surface area contributed by atoms with Gasteiger partial charge < -0.3 is 4.90 Å². The van der Waals surface area contributed by atoms with Crippen LogP contribution in [0, 0.1) is 5.92 Å². The number of hydrogen-bond acceptors (Lipinski definition) is 3. The molecule has 1 saturated carbocycles. The smallest absolute Gasteiger partial charge is 0.241 e. The lowest BCUT2D eigenvalue weighted by Gasteiger charge is -2.21. The minimum absolute atomic E-state index is 0.0560. The van der Waals surface area contributed by atoms with Gasteiger partial charge >= 0.3 is 0 Å². The Bertz CT molecular complexity index is 1060. The third kappa shape index (κ3) is 4.16. The molecule has 1 atom stereocenters. The van der Waals surface area contributed by atoms with Crippen molar-refractivity contribution in [1.29, 1.82) is 0 Å². The van der Waals surface area contributed by atoms with E-state index in [4.69, 9.17) is 0 Å². The van der Waals surface area contributed by atoms with Gasteiger partial charge in [-0.1, -0.05) is 45.0 Å². The van der Waals surface area contributed by atoms with Crippen LogP contribution in [0.15, 0.2) is 47.4 Å². The van der Waals surface area contributed by atoms with E-state index in [0.717, 1.165) is 29.7 Å². The predicted octanol–water partition coefficient (Wildman–Crippen LogP) is 4.32. The van der Waals surface area contributed by atoms with Gasteiger partial charge in [0.15, 0.2) is 0 Å². The Kier molecular flexibility index (Phi) is 5.27. The number of benzene rings is 2. The molecule has 1 amide bonds.